The summed E-state index contributed by atoms with van der Waals surface area (Å²) in [5.41, 5.74) is 6.11. The molecule has 0 amide bonds. The zero-order valence-corrected chi connectivity index (χ0v) is 11.6. The molecule has 2 aliphatic rings. The van der Waals surface area contributed by atoms with Crippen LogP contribution in [0.3, 0.4) is 0 Å². The molecule has 4 heteroatoms. The van der Waals surface area contributed by atoms with Crippen LogP contribution in [0, 0.1) is 11.8 Å². The first-order chi connectivity index (χ1) is 8.65. The summed E-state index contributed by atoms with van der Waals surface area (Å²) < 4.78 is 4.88. The minimum Gasteiger partial charge on any atom is -0.469 e. The minimum absolute atomic E-state index is 0.0344. The highest BCUT2D eigenvalue weighted by atomic mass is 16.5. The summed E-state index contributed by atoms with van der Waals surface area (Å²) >= 11 is 0. The van der Waals surface area contributed by atoms with Gasteiger partial charge >= 0.3 is 5.97 Å². The third kappa shape index (κ3) is 2.86. The molecule has 0 aromatic heterocycles. The number of hydrogen-bond donors (Lipinski definition) is 1. The molecule has 4 nitrogen and oxygen atoms in total. The van der Waals surface area contributed by atoms with E-state index in [1.807, 2.05) is 0 Å². The maximum absolute atomic E-state index is 11.7. The van der Waals surface area contributed by atoms with Gasteiger partial charge in [-0.15, -0.1) is 0 Å². The van der Waals surface area contributed by atoms with Crippen LogP contribution in [0.25, 0.3) is 0 Å². The SMILES string of the molecule is CCC(C1CCC1)N1CC(N)CC(C(=O)OC)C1. The van der Waals surface area contributed by atoms with Crippen molar-refractivity contribution in [1.82, 2.24) is 4.90 Å². The Hall–Kier alpha value is -0.610. The number of carbonyl (C=O) groups excluding carboxylic acids is 1. The third-order valence-electron chi connectivity index (χ3n) is 4.63. The summed E-state index contributed by atoms with van der Waals surface area (Å²) in [5.74, 6) is 0.685. The van der Waals surface area contributed by atoms with Gasteiger partial charge in [0.2, 0.25) is 0 Å². The molecule has 1 aliphatic carbocycles. The van der Waals surface area contributed by atoms with E-state index >= 15 is 0 Å². The van der Waals surface area contributed by atoms with Crippen LogP contribution < -0.4 is 5.73 Å². The van der Waals surface area contributed by atoms with E-state index in [1.165, 1.54) is 26.4 Å². The van der Waals surface area contributed by atoms with E-state index in [4.69, 9.17) is 10.5 Å². The van der Waals surface area contributed by atoms with Crippen molar-refractivity contribution in [3.8, 4) is 0 Å². The summed E-state index contributed by atoms with van der Waals surface area (Å²) in [6.45, 7) is 4.01. The van der Waals surface area contributed by atoms with Crippen molar-refractivity contribution in [1.29, 1.82) is 0 Å². The molecule has 0 aromatic carbocycles. The molecule has 2 rings (SSSR count). The van der Waals surface area contributed by atoms with Gasteiger partial charge in [-0.25, -0.2) is 0 Å². The lowest BCUT2D eigenvalue weighted by Crippen LogP contribution is -2.55. The smallest absolute Gasteiger partial charge is 0.310 e. The summed E-state index contributed by atoms with van der Waals surface area (Å²) in [4.78, 5) is 14.2. The highest BCUT2D eigenvalue weighted by molar-refractivity contribution is 5.72. The second-order valence-electron chi connectivity index (χ2n) is 5.84. The van der Waals surface area contributed by atoms with Gasteiger partial charge in [-0.1, -0.05) is 13.3 Å². The number of likely N-dealkylation sites (tertiary alicyclic amines) is 1. The quantitative estimate of drug-likeness (QED) is 0.770. The van der Waals surface area contributed by atoms with Gasteiger partial charge in [-0.3, -0.25) is 9.69 Å². The fraction of sp³-hybridized carbons (Fsp3) is 0.929. The molecule has 0 aromatic rings. The molecule has 18 heavy (non-hydrogen) atoms. The Kier molecular flexibility index (Phi) is 4.62. The van der Waals surface area contributed by atoms with Gasteiger partial charge in [0.1, 0.15) is 0 Å². The number of methoxy groups -OCH3 is 1. The monoisotopic (exact) mass is 254 g/mol. The average molecular weight is 254 g/mol. The van der Waals surface area contributed by atoms with E-state index in [0.29, 0.717) is 6.04 Å². The predicted molar refractivity (Wildman–Crippen MR) is 71.1 cm³/mol. The van der Waals surface area contributed by atoms with Gasteiger partial charge in [0.25, 0.3) is 0 Å². The second kappa shape index (κ2) is 6.02. The minimum atomic E-state index is -0.0985. The molecule has 0 spiro atoms. The predicted octanol–water partition coefficient (Wildman–Crippen LogP) is 1.39. The zero-order chi connectivity index (χ0) is 13.1. The summed E-state index contributed by atoms with van der Waals surface area (Å²) in [6, 6.07) is 0.717. The largest absolute Gasteiger partial charge is 0.469 e. The van der Waals surface area contributed by atoms with Gasteiger partial charge < -0.3 is 10.5 Å². The number of esters is 1. The Bertz CT molecular complexity index is 292. The van der Waals surface area contributed by atoms with Crippen LogP contribution in [0.2, 0.25) is 0 Å². The van der Waals surface area contributed by atoms with E-state index in [1.54, 1.807) is 0 Å². The van der Waals surface area contributed by atoms with Crippen LogP contribution in [0.5, 0.6) is 0 Å². The van der Waals surface area contributed by atoms with E-state index in [9.17, 15) is 4.79 Å². The lowest BCUT2D eigenvalue weighted by Gasteiger charge is -2.45. The molecular formula is C14H26N2O2. The topological polar surface area (TPSA) is 55.6 Å². The van der Waals surface area contributed by atoms with Gasteiger partial charge in [0, 0.05) is 25.2 Å². The van der Waals surface area contributed by atoms with Crippen molar-refractivity contribution < 1.29 is 9.53 Å². The van der Waals surface area contributed by atoms with E-state index < -0.39 is 0 Å². The molecule has 1 saturated heterocycles. The van der Waals surface area contributed by atoms with Crippen molar-refractivity contribution in [3.05, 3.63) is 0 Å². The Morgan fingerprint density at radius 3 is 2.67 bits per heavy atom. The Balaban J connectivity index is 1.99. The molecule has 0 radical (unpaired) electrons. The van der Waals surface area contributed by atoms with Crippen molar-refractivity contribution >= 4 is 5.97 Å². The number of nitrogens with two attached hydrogens (primary N) is 1. The number of nitrogens with zero attached hydrogens (tertiary/aromatic N) is 1. The van der Waals surface area contributed by atoms with Crippen LogP contribution in [0.15, 0.2) is 0 Å². The van der Waals surface area contributed by atoms with Crippen LogP contribution in [-0.4, -0.2) is 43.2 Å². The summed E-state index contributed by atoms with van der Waals surface area (Å²) in [7, 11) is 1.47. The van der Waals surface area contributed by atoms with Gasteiger partial charge in [0.15, 0.2) is 0 Å². The summed E-state index contributed by atoms with van der Waals surface area (Å²) in [6.07, 6.45) is 5.97. The highest BCUT2D eigenvalue weighted by Crippen LogP contribution is 2.35. The van der Waals surface area contributed by atoms with Crippen molar-refractivity contribution in [2.45, 2.75) is 51.1 Å². The molecule has 1 saturated carbocycles. The molecule has 1 heterocycles. The van der Waals surface area contributed by atoms with Crippen molar-refractivity contribution in [3.63, 3.8) is 0 Å². The number of ether oxygens (including phenoxy) is 1. The average Bonchev–Trinajstić information content (AvgIpc) is 2.31. The molecule has 3 atom stereocenters. The van der Waals surface area contributed by atoms with Crippen molar-refractivity contribution in [2.75, 3.05) is 20.2 Å². The maximum atomic E-state index is 11.7. The van der Waals surface area contributed by atoms with Gasteiger partial charge in [0.05, 0.1) is 13.0 Å². The van der Waals surface area contributed by atoms with E-state index in [-0.39, 0.29) is 17.9 Å². The van der Waals surface area contributed by atoms with Crippen molar-refractivity contribution in [2.24, 2.45) is 17.6 Å². The van der Waals surface area contributed by atoms with Crippen LogP contribution in [0.1, 0.15) is 39.0 Å². The number of hydrogen-bond acceptors (Lipinski definition) is 4. The second-order valence-corrected chi connectivity index (χ2v) is 5.84. The van der Waals surface area contributed by atoms with Gasteiger partial charge in [-0.05, 0) is 31.6 Å². The van der Waals surface area contributed by atoms with Crippen LogP contribution in [0.4, 0.5) is 0 Å². The van der Waals surface area contributed by atoms with Crippen LogP contribution >= 0.6 is 0 Å². The number of carbonyl (C=O) groups is 1. The number of piperidine rings is 1. The maximum Gasteiger partial charge on any atom is 0.310 e. The lowest BCUT2D eigenvalue weighted by atomic mass is 9.77. The lowest BCUT2D eigenvalue weighted by molar-refractivity contribution is -0.148. The molecule has 2 fully saturated rings. The molecular weight excluding hydrogens is 228 g/mol. The first-order valence-corrected chi connectivity index (χ1v) is 7.23. The molecule has 104 valence electrons. The van der Waals surface area contributed by atoms with Crippen LogP contribution in [-0.2, 0) is 9.53 Å². The zero-order valence-electron chi connectivity index (χ0n) is 11.6. The Morgan fingerprint density at radius 2 is 2.17 bits per heavy atom. The first-order valence-electron chi connectivity index (χ1n) is 7.23. The normalized spacial score (nSPS) is 31.7. The fourth-order valence-electron chi connectivity index (χ4n) is 3.50. The molecule has 2 N–H and O–H groups in total. The standard InChI is InChI=1S/C14H26N2O2/c1-3-13(10-5-4-6-10)16-8-11(14(17)18-2)7-12(15)9-16/h10-13H,3-9,15H2,1-2H3. The number of rotatable bonds is 4. The molecule has 0 bridgehead atoms. The first kappa shape index (κ1) is 13.8. The fourth-order valence-corrected chi connectivity index (χ4v) is 3.50. The third-order valence-corrected chi connectivity index (χ3v) is 4.63. The Labute approximate surface area is 110 Å². The summed E-state index contributed by atoms with van der Waals surface area (Å²) in [5, 5.41) is 0. The van der Waals surface area contributed by atoms with Gasteiger partial charge in [-0.2, -0.15) is 0 Å². The Morgan fingerprint density at radius 1 is 1.44 bits per heavy atom. The highest BCUT2D eigenvalue weighted by Gasteiger charge is 2.37. The van der Waals surface area contributed by atoms with E-state index in [0.717, 1.165) is 31.8 Å². The molecule has 3 unspecified atom stereocenters. The van der Waals surface area contributed by atoms with E-state index in [2.05, 4.69) is 11.8 Å². The molecule has 1 aliphatic heterocycles.